The Bertz CT molecular complexity index is 579. The van der Waals surface area contributed by atoms with Crippen LogP contribution in [0.4, 0.5) is 0 Å². The van der Waals surface area contributed by atoms with Gasteiger partial charge >= 0.3 is 17.9 Å². The number of nitrogens with two attached hydrogens (primary N) is 1. The molecule has 0 aliphatic rings. The minimum absolute atomic E-state index is 0.160. The molecule has 0 aliphatic heterocycles. The minimum atomic E-state index is -1.37. The largest absolute Gasteiger partial charge is 0.480 e. The maximum absolute atomic E-state index is 11.5. The van der Waals surface area contributed by atoms with Gasteiger partial charge in [0.15, 0.2) is 0 Å². The lowest BCUT2D eigenvalue weighted by Crippen LogP contribution is -2.42. The molecule has 0 saturated carbocycles. The van der Waals surface area contributed by atoms with E-state index in [9.17, 15) is 28.8 Å². The zero-order valence-corrected chi connectivity index (χ0v) is 17.8. The number of hydrogen-bond donors (Lipinski definition) is 6. The number of ketones is 1. The average molecular weight is 435 g/mol. The molecule has 0 saturated heterocycles. The molecule has 0 aliphatic carbocycles. The molecule has 30 heavy (non-hydrogen) atoms. The van der Waals surface area contributed by atoms with Crippen LogP contribution < -0.4 is 16.4 Å². The van der Waals surface area contributed by atoms with E-state index in [1.807, 2.05) is 20.8 Å². The van der Waals surface area contributed by atoms with Crippen LogP contribution in [-0.2, 0) is 28.8 Å². The molecule has 0 bridgehead atoms. The number of Topliss-reactive ketones (excluding diaryl/α,β-unsaturated/α-hetero) is 1. The van der Waals surface area contributed by atoms with Gasteiger partial charge < -0.3 is 36.5 Å². The van der Waals surface area contributed by atoms with Crippen LogP contribution in [0.25, 0.3) is 0 Å². The first-order valence-corrected chi connectivity index (χ1v) is 9.39. The molecule has 7 N–H and O–H groups in total. The number of aliphatic carboxylic acids is 3. The van der Waals surface area contributed by atoms with E-state index < -0.39 is 48.4 Å². The molecular formula is C18H33N3O9. The molecule has 0 aromatic heterocycles. The van der Waals surface area contributed by atoms with Gasteiger partial charge in [-0.1, -0.05) is 20.8 Å². The van der Waals surface area contributed by atoms with Gasteiger partial charge in [0, 0.05) is 19.3 Å². The van der Waals surface area contributed by atoms with Crippen molar-refractivity contribution in [2.45, 2.75) is 71.9 Å². The molecule has 0 heterocycles. The summed E-state index contributed by atoms with van der Waals surface area (Å²) in [5.74, 6) is -5.00. The van der Waals surface area contributed by atoms with Crippen LogP contribution in [0.5, 0.6) is 0 Å². The standard InChI is InChI=1S/C12H19N3O8.C4H8O.C2H6/c13-6(11(20)21)1-3-9(17)15-7(12(22)23)2-4-8(16)14-5-10(18)19;1-3-4(2)5;1-2/h6-7H,1-5,13H2,(H,14,16)(H,15,17)(H,18,19)(H,20,21)(H,22,23);3H2,1-2H3;1-2H3. The summed E-state index contributed by atoms with van der Waals surface area (Å²) in [6, 6.07) is -2.58. The molecule has 2 amide bonds. The van der Waals surface area contributed by atoms with Crippen molar-refractivity contribution in [2.75, 3.05) is 6.54 Å². The third-order valence-electron chi connectivity index (χ3n) is 3.23. The lowest BCUT2D eigenvalue weighted by atomic mass is 10.1. The maximum atomic E-state index is 11.5. The number of hydrogen-bond acceptors (Lipinski definition) is 7. The second kappa shape index (κ2) is 19.3. The molecule has 12 heteroatoms. The lowest BCUT2D eigenvalue weighted by molar-refractivity contribution is -0.143. The van der Waals surface area contributed by atoms with Crippen molar-refractivity contribution in [1.82, 2.24) is 10.6 Å². The molecule has 0 rings (SSSR count). The van der Waals surface area contributed by atoms with E-state index in [1.165, 1.54) is 0 Å². The van der Waals surface area contributed by atoms with Gasteiger partial charge in [-0.25, -0.2) is 4.79 Å². The third kappa shape index (κ3) is 21.3. The number of nitrogens with one attached hydrogen (secondary N) is 2. The van der Waals surface area contributed by atoms with Gasteiger partial charge in [0.05, 0.1) is 0 Å². The zero-order chi connectivity index (χ0) is 24.3. The second-order valence-corrected chi connectivity index (χ2v) is 5.71. The third-order valence-corrected chi connectivity index (χ3v) is 3.23. The van der Waals surface area contributed by atoms with E-state index in [4.69, 9.17) is 21.1 Å². The second-order valence-electron chi connectivity index (χ2n) is 5.71. The van der Waals surface area contributed by atoms with Crippen molar-refractivity contribution in [3.8, 4) is 0 Å². The van der Waals surface area contributed by atoms with Crippen molar-refractivity contribution in [2.24, 2.45) is 5.73 Å². The van der Waals surface area contributed by atoms with Crippen molar-refractivity contribution < 1.29 is 44.1 Å². The molecule has 0 radical (unpaired) electrons. The van der Waals surface area contributed by atoms with Gasteiger partial charge in [-0.2, -0.15) is 0 Å². The van der Waals surface area contributed by atoms with Crippen LogP contribution in [-0.4, -0.2) is 69.5 Å². The van der Waals surface area contributed by atoms with E-state index in [0.29, 0.717) is 6.42 Å². The first-order chi connectivity index (χ1) is 13.9. The number of rotatable bonds is 12. The summed E-state index contributed by atoms with van der Waals surface area (Å²) < 4.78 is 0. The van der Waals surface area contributed by atoms with E-state index >= 15 is 0 Å². The highest BCUT2D eigenvalue weighted by Gasteiger charge is 2.22. The molecule has 0 fully saturated rings. The SMILES string of the molecule is CC.CCC(C)=O.NC(CCC(=O)NC(CCC(=O)NCC(=O)O)C(=O)O)C(=O)O. The van der Waals surface area contributed by atoms with Gasteiger partial charge in [-0.15, -0.1) is 0 Å². The normalized spacial score (nSPS) is 11.2. The summed E-state index contributed by atoms with van der Waals surface area (Å²) >= 11 is 0. The predicted molar refractivity (Wildman–Crippen MR) is 107 cm³/mol. The van der Waals surface area contributed by atoms with Crippen LogP contribution in [0, 0.1) is 0 Å². The number of carbonyl (C=O) groups excluding carboxylic acids is 3. The van der Waals surface area contributed by atoms with E-state index in [0.717, 1.165) is 0 Å². The smallest absolute Gasteiger partial charge is 0.326 e. The van der Waals surface area contributed by atoms with Gasteiger partial charge in [0.25, 0.3) is 0 Å². The molecule has 0 aromatic carbocycles. The fourth-order valence-corrected chi connectivity index (χ4v) is 1.47. The molecule has 12 nitrogen and oxygen atoms in total. The van der Waals surface area contributed by atoms with Crippen LogP contribution in [0.3, 0.4) is 0 Å². The first kappa shape index (κ1) is 31.7. The van der Waals surface area contributed by atoms with Crippen molar-refractivity contribution in [3.63, 3.8) is 0 Å². The maximum Gasteiger partial charge on any atom is 0.326 e. The van der Waals surface area contributed by atoms with Crippen LogP contribution in [0.2, 0.25) is 0 Å². The summed E-state index contributed by atoms with van der Waals surface area (Å²) in [4.78, 5) is 64.4. The quantitative estimate of drug-likeness (QED) is 0.236. The molecule has 174 valence electrons. The lowest BCUT2D eigenvalue weighted by Gasteiger charge is -2.14. The fourth-order valence-electron chi connectivity index (χ4n) is 1.47. The number of carboxylic acids is 3. The highest BCUT2D eigenvalue weighted by atomic mass is 16.4. The Morgan fingerprint density at radius 3 is 1.70 bits per heavy atom. The van der Waals surface area contributed by atoms with Crippen molar-refractivity contribution in [1.29, 1.82) is 0 Å². The van der Waals surface area contributed by atoms with Crippen molar-refractivity contribution in [3.05, 3.63) is 0 Å². The highest BCUT2D eigenvalue weighted by Crippen LogP contribution is 2.01. The fraction of sp³-hybridized carbons (Fsp3) is 0.667. The predicted octanol–water partition coefficient (Wildman–Crippen LogP) is -0.259. The summed E-state index contributed by atoms with van der Waals surface area (Å²) in [5, 5.41) is 30.1. The van der Waals surface area contributed by atoms with Crippen LogP contribution >= 0.6 is 0 Å². The van der Waals surface area contributed by atoms with E-state index in [1.54, 1.807) is 6.92 Å². The van der Waals surface area contributed by atoms with E-state index in [2.05, 4.69) is 10.6 Å². The Morgan fingerprint density at radius 2 is 1.33 bits per heavy atom. The Balaban J connectivity index is -0.000000901. The Labute approximate surface area is 175 Å². The topological polar surface area (TPSA) is 213 Å². The molecule has 0 spiro atoms. The number of amides is 2. The van der Waals surface area contributed by atoms with Crippen molar-refractivity contribution >= 4 is 35.5 Å². The Morgan fingerprint density at radius 1 is 0.867 bits per heavy atom. The number of carboxylic acid groups (broad SMARTS) is 3. The summed E-state index contributed by atoms with van der Waals surface area (Å²) in [6.07, 6.45) is -0.300. The Hall–Kier alpha value is -3.02. The summed E-state index contributed by atoms with van der Waals surface area (Å²) in [7, 11) is 0. The molecular weight excluding hydrogens is 402 g/mol. The number of carbonyl (C=O) groups is 6. The monoisotopic (exact) mass is 435 g/mol. The zero-order valence-electron chi connectivity index (χ0n) is 17.8. The Kier molecular flexibility index (Phi) is 20.4. The molecule has 2 atom stereocenters. The average Bonchev–Trinajstić information content (AvgIpc) is 2.69. The van der Waals surface area contributed by atoms with Gasteiger partial charge in [0.2, 0.25) is 11.8 Å². The highest BCUT2D eigenvalue weighted by molar-refractivity contribution is 5.85. The van der Waals surface area contributed by atoms with E-state index in [-0.39, 0.29) is 31.5 Å². The van der Waals surface area contributed by atoms with Gasteiger partial charge in [-0.05, 0) is 19.8 Å². The van der Waals surface area contributed by atoms with Gasteiger partial charge in [0.1, 0.15) is 24.4 Å². The summed E-state index contributed by atoms with van der Waals surface area (Å²) in [6.45, 7) is 6.85. The molecule has 0 aromatic rings. The summed E-state index contributed by atoms with van der Waals surface area (Å²) in [5.41, 5.74) is 5.21. The van der Waals surface area contributed by atoms with Gasteiger partial charge in [-0.3, -0.25) is 19.2 Å². The minimum Gasteiger partial charge on any atom is -0.480 e. The molecule has 2 unspecified atom stereocenters. The van der Waals surface area contributed by atoms with Crippen LogP contribution in [0.1, 0.15) is 59.8 Å². The van der Waals surface area contributed by atoms with Crippen LogP contribution in [0.15, 0.2) is 0 Å². The first-order valence-electron chi connectivity index (χ1n) is 9.39.